The first-order chi connectivity index (χ1) is 52.6. The predicted molar refractivity (Wildman–Crippen MR) is 402 cm³/mol. The molecular weight excluding hydrogens is 1450 g/mol. The Morgan fingerprint density at radius 1 is 0.718 bits per heavy atom. The Kier molecular flexibility index (Phi) is 26.9. The fourth-order valence-corrected chi connectivity index (χ4v) is 13.6. The molecule has 8 N–H and O–H groups in total. The summed E-state index contributed by atoms with van der Waals surface area (Å²) in [6.45, 7) is 9.47. The average Bonchev–Trinajstić information content (AvgIpc) is 1.59. The van der Waals surface area contributed by atoms with E-state index in [1.165, 1.54) is 64.2 Å². The summed E-state index contributed by atoms with van der Waals surface area (Å²) in [5.74, 6) is -4.38. The molecule has 5 aliphatic rings. The zero-order valence-corrected chi connectivity index (χ0v) is 63.3. The van der Waals surface area contributed by atoms with E-state index in [0.29, 0.717) is 34.0 Å². The number of carbonyl (C=O) groups excluding carboxylic acids is 12. The number of anilines is 5. The van der Waals surface area contributed by atoms with Crippen LogP contribution >= 0.6 is 11.8 Å². The molecule has 12 amide bonds. The zero-order valence-electron chi connectivity index (χ0n) is 62.5. The van der Waals surface area contributed by atoms with Crippen LogP contribution in [0.15, 0.2) is 116 Å². The number of nitrogens with one attached hydrogen (secondary N) is 7. The minimum absolute atomic E-state index is 0.00564. The van der Waals surface area contributed by atoms with E-state index >= 15 is 0 Å². The number of aliphatic hydroxyl groups excluding tert-OH is 1. The molecule has 1 aliphatic carbocycles. The lowest BCUT2D eigenvalue weighted by molar-refractivity contribution is -0.138. The summed E-state index contributed by atoms with van der Waals surface area (Å²) in [6, 6.07) is 8.97. The van der Waals surface area contributed by atoms with E-state index in [2.05, 4.69) is 48.8 Å². The van der Waals surface area contributed by atoms with Crippen LogP contribution in [0.2, 0.25) is 0 Å². The first-order valence-corrected chi connectivity index (χ1v) is 36.9. The molecule has 0 bridgehead atoms. The summed E-state index contributed by atoms with van der Waals surface area (Å²) in [5, 5.41) is 30.6. The monoisotopic (exact) mass is 1540 g/mol. The number of benzene rings is 2. The molecule has 2 aromatic carbocycles. The average molecular weight is 1540 g/mol. The van der Waals surface area contributed by atoms with Crippen LogP contribution in [-0.4, -0.2) is 218 Å². The second-order valence-corrected chi connectivity index (χ2v) is 28.1. The Bertz CT molecular complexity index is 4460. The van der Waals surface area contributed by atoms with Crippen molar-refractivity contribution in [1.29, 1.82) is 0 Å². The lowest BCUT2D eigenvalue weighted by Crippen LogP contribution is -2.53. The number of methoxy groups -OCH3 is 2. The molecule has 586 valence electrons. The molecule has 2 saturated heterocycles. The zero-order chi connectivity index (χ0) is 79.2. The van der Waals surface area contributed by atoms with Gasteiger partial charge in [-0.15, -0.1) is 0 Å². The number of likely N-dealkylation sites (tertiary alicyclic amines) is 1. The van der Waals surface area contributed by atoms with E-state index in [4.69, 9.17) is 28.4 Å². The minimum atomic E-state index is -1.62. The largest absolute Gasteiger partial charge is 0.497 e. The smallest absolute Gasteiger partial charge is 0.416 e. The van der Waals surface area contributed by atoms with Crippen molar-refractivity contribution in [3.05, 3.63) is 144 Å². The van der Waals surface area contributed by atoms with Gasteiger partial charge >= 0.3 is 6.09 Å². The number of aryl methyl sites for hydroxylation is 3. The highest BCUT2D eigenvalue weighted by Gasteiger charge is 2.47. The first-order valence-electron chi connectivity index (χ1n) is 35.6. The molecule has 0 radical (unpaired) electrons. The minimum Gasteiger partial charge on any atom is -0.497 e. The van der Waals surface area contributed by atoms with E-state index in [0.717, 1.165) is 9.80 Å². The quantitative estimate of drug-likeness (QED) is 0.0157. The van der Waals surface area contributed by atoms with E-state index < -0.39 is 77.0 Å². The van der Waals surface area contributed by atoms with Crippen molar-refractivity contribution in [2.45, 2.75) is 102 Å². The second kappa shape index (κ2) is 36.6. The van der Waals surface area contributed by atoms with Crippen LogP contribution in [0, 0.1) is 11.8 Å². The number of imidazole rings is 1. The maximum absolute atomic E-state index is 14.3. The number of allylic oxidation sites excluding steroid dienone is 1. The third-order valence-corrected chi connectivity index (χ3v) is 19.7. The van der Waals surface area contributed by atoms with Gasteiger partial charge in [-0.2, -0.15) is 11.8 Å². The van der Waals surface area contributed by atoms with Gasteiger partial charge in [-0.3, -0.25) is 57.6 Å². The van der Waals surface area contributed by atoms with Crippen LogP contribution in [0.3, 0.4) is 0 Å². The molecule has 4 aliphatic heterocycles. The molecule has 3 aromatic heterocycles. The Balaban J connectivity index is 0.655. The van der Waals surface area contributed by atoms with Crippen LogP contribution in [0.5, 0.6) is 11.5 Å². The standard InChI is InChI=1S/C75H91N15O19S/c1-42(2)65(83-63(93)21-26-106-28-29-107-27-22-76-61(91)20-24-88-64(94)36-59(110-10)74(88)102)69(97)77-44(4)67(95)78-47-15-13-45(14-16-47)41-109-75(103)90-53-35-58(57(105-9)34-51(53)71(99)89-37-43(3)30-56(89)73(90)101)108-25-11-12-62(92)81-60-40-86(7)66(82-60)70(98)80-48-32-54(84(5)38-48)68(96)79-49-33-55(85(6)39-49)72(100)87-23-19-46-31-50(104-8)17-18-52(46)87/h13-19,23,31-35,38-40,42,44,46,52,56,59,65,73,101H,3,11-12,20-22,24-30,36-37,41H2,1-2,4-10H3,(H,76,91)(H,77,97)(H,78,95)(H,79,96)(H,80,98)(H,81,92)(H,83,93)/t44-,46?,52?,56-,59?,65-,73?/m0/s1. The number of imide groups is 1. The van der Waals surface area contributed by atoms with Crippen LogP contribution in [0.1, 0.15) is 107 Å². The highest BCUT2D eigenvalue weighted by atomic mass is 32.2. The van der Waals surface area contributed by atoms with Crippen molar-refractivity contribution in [1.82, 2.24) is 49.3 Å². The van der Waals surface area contributed by atoms with Crippen LogP contribution in [-0.2, 0) is 80.3 Å². The molecule has 5 aromatic rings. The predicted octanol–water partition coefficient (Wildman–Crippen LogP) is 4.71. The maximum atomic E-state index is 14.3. The Hall–Kier alpha value is -11.6. The number of aromatic nitrogens is 4. The molecule has 35 heteroatoms. The molecule has 7 heterocycles. The normalized spacial score (nSPS) is 18.2. The number of aliphatic hydroxyl groups is 1. The number of hydrogen-bond acceptors (Lipinski definition) is 21. The number of thioether (sulfide) groups is 1. The molecule has 110 heavy (non-hydrogen) atoms. The highest BCUT2D eigenvalue weighted by Crippen LogP contribution is 2.42. The van der Waals surface area contributed by atoms with E-state index in [1.807, 2.05) is 24.3 Å². The summed E-state index contributed by atoms with van der Waals surface area (Å²) >= 11 is 1.31. The van der Waals surface area contributed by atoms with Gasteiger partial charge in [-0.1, -0.05) is 50.3 Å². The molecular formula is C75H91N15O19S. The third kappa shape index (κ3) is 19.6. The first kappa shape index (κ1) is 81.0. The topological polar surface area (TPSA) is 405 Å². The van der Waals surface area contributed by atoms with Gasteiger partial charge in [0.2, 0.25) is 47.2 Å². The summed E-state index contributed by atoms with van der Waals surface area (Å²) in [7, 11) is 7.86. The lowest BCUT2D eigenvalue weighted by Gasteiger charge is -2.31. The summed E-state index contributed by atoms with van der Waals surface area (Å²) in [4.78, 5) is 168. The van der Waals surface area contributed by atoms with Crippen molar-refractivity contribution < 1.29 is 91.1 Å². The van der Waals surface area contributed by atoms with Crippen molar-refractivity contribution >= 4 is 111 Å². The van der Waals surface area contributed by atoms with Gasteiger partial charge in [-0.25, -0.2) is 14.7 Å². The number of nitrogens with zero attached hydrogens (tertiary/aromatic N) is 8. The van der Waals surface area contributed by atoms with Crippen molar-refractivity contribution in [2.24, 2.45) is 33.0 Å². The molecule has 34 nitrogen and oxygen atoms in total. The van der Waals surface area contributed by atoms with Gasteiger partial charge < -0.3 is 94.2 Å². The Morgan fingerprint density at radius 3 is 2.13 bits per heavy atom. The summed E-state index contributed by atoms with van der Waals surface area (Å²) in [5.41, 5.74) is 2.61. The van der Waals surface area contributed by atoms with E-state index in [1.54, 1.807) is 107 Å². The highest BCUT2D eigenvalue weighted by molar-refractivity contribution is 8.00. The fraction of sp³-hybridized carbons (Fsp3) is 0.427. The van der Waals surface area contributed by atoms with E-state index in [9.17, 15) is 62.6 Å². The van der Waals surface area contributed by atoms with Crippen molar-refractivity contribution in [3.63, 3.8) is 0 Å². The summed E-state index contributed by atoms with van der Waals surface area (Å²) < 4.78 is 38.5. The van der Waals surface area contributed by atoms with Gasteiger partial charge in [-0.05, 0) is 80.0 Å². The molecule has 4 unspecified atom stereocenters. The van der Waals surface area contributed by atoms with Gasteiger partial charge in [0, 0.05) is 109 Å². The molecule has 0 spiro atoms. The van der Waals surface area contributed by atoms with Crippen molar-refractivity contribution in [2.75, 3.05) is 99.3 Å². The summed E-state index contributed by atoms with van der Waals surface area (Å²) in [6.07, 6.45) is 13.4. The van der Waals surface area contributed by atoms with Gasteiger partial charge in [0.1, 0.15) is 35.8 Å². The fourth-order valence-electron chi connectivity index (χ4n) is 12.9. The van der Waals surface area contributed by atoms with Crippen LogP contribution in [0.4, 0.5) is 33.4 Å². The number of carbonyl (C=O) groups is 12. The third-order valence-electron chi connectivity index (χ3n) is 18.8. The Labute approximate surface area is 638 Å². The maximum Gasteiger partial charge on any atom is 0.416 e. The van der Waals surface area contributed by atoms with E-state index in [-0.39, 0.29) is 185 Å². The molecule has 7 atom stereocenters. The van der Waals surface area contributed by atoms with Crippen LogP contribution < -0.4 is 51.6 Å². The SMILES string of the molecule is C=C1C[C@H]2C(O)N(C(=O)OCc3ccc(NC(=O)[C@H](C)NC(=O)[C@@H](NC(=O)CCOCCOCCNC(=O)CCN4C(=O)CC(SC)C4=O)C(C)C)cc3)c3cc(OCCCC(=O)Nc4cn(C)c(C(=O)Nc5cc(C(=O)Nc6cc(C(=O)N7C=CC8C=C(OC)C=CC87)n(C)c6)n(C)c5)n4)c(OC)cc3C(=O)N2C1. The van der Waals surface area contributed by atoms with Crippen LogP contribution in [0.25, 0.3) is 0 Å². The second-order valence-electron chi connectivity index (χ2n) is 27.1. The molecule has 10 rings (SSSR count). The van der Waals surface area contributed by atoms with Gasteiger partial charge in [0.05, 0.1) is 87.2 Å². The lowest BCUT2D eigenvalue weighted by atomic mass is 9.96. The molecule has 2 fully saturated rings. The Morgan fingerprint density at radius 2 is 1.43 bits per heavy atom. The number of hydrogen-bond donors (Lipinski definition) is 8. The number of fused-ring (bicyclic) bond motifs is 3. The number of rotatable bonds is 34. The van der Waals surface area contributed by atoms with Gasteiger partial charge in [0.25, 0.3) is 23.6 Å². The number of amides is 12. The molecule has 0 saturated carbocycles. The van der Waals surface area contributed by atoms with Crippen molar-refractivity contribution in [3.8, 4) is 11.5 Å². The van der Waals surface area contributed by atoms with Gasteiger partial charge in [0.15, 0.2) is 23.5 Å². The number of ether oxygens (including phenoxy) is 6.